The summed E-state index contributed by atoms with van der Waals surface area (Å²) in [7, 11) is 1.87. The van der Waals surface area contributed by atoms with Gasteiger partial charge < -0.3 is 14.6 Å². The molecule has 40 heavy (non-hydrogen) atoms. The van der Waals surface area contributed by atoms with Crippen LogP contribution in [0.15, 0.2) is 36.7 Å². The van der Waals surface area contributed by atoms with Gasteiger partial charge in [0.1, 0.15) is 23.5 Å². The smallest absolute Gasteiger partial charge is 0.379 e. The number of aromatic nitrogens is 6. The molecule has 2 N–H and O–H groups in total. The molecule has 4 aromatic rings. The van der Waals surface area contributed by atoms with E-state index >= 15 is 0 Å². The maximum absolute atomic E-state index is 14.0. The van der Waals surface area contributed by atoms with E-state index in [0.717, 1.165) is 17.5 Å². The summed E-state index contributed by atoms with van der Waals surface area (Å²) in [5.41, 5.74) is 0.936. The molecule has 212 valence electrons. The number of nitrogens with one attached hydrogen (secondary N) is 2. The quantitative estimate of drug-likeness (QED) is 0.304. The molecule has 1 saturated carbocycles. The first kappa shape index (κ1) is 26.8. The standard InChI is InChI=1S/C27H28F5N7O/c1-15(34-18-6-7-26(28,29)10-18)22-24-19(9-20(35-22)27(30,31)32)23(37-38-24)16-4-3-5-17(8-16)25(12-40-13-25)11-21-36-33-14-39(21)2/h3-5,8-9,14-15,18,34H,6-7,10-13H2,1-2H3,(H,37,38)/t15-,18-/m1/s1. The number of fused-ring (bicyclic) bond motifs is 1. The van der Waals surface area contributed by atoms with Crippen molar-refractivity contribution in [3.63, 3.8) is 0 Å². The van der Waals surface area contributed by atoms with Gasteiger partial charge in [0, 0.05) is 54.8 Å². The third-order valence-corrected chi connectivity index (χ3v) is 7.98. The van der Waals surface area contributed by atoms with E-state index in [1.807, 2.05) is 29.8 Å². The van der Waals surface area contributed by atoms with Crippen molar-refractivity contribution in [1.82, 2.24) is 35.3 Å². The van der Waals surface area contributed by atoms with Crippen molar-refractivity contribution in [2.45, 2.75) is 62.2 Å². The van der Waals surface area contributed by atoms with Crippen LogP contribution in [0, 0.1) is 0 Å². The van der Waals surface area contributed by atoms with Crippen molar-refractivity contribution in [3.8, 4) is 11.3 Å². The van der Waals surface area contributed by atoms with Gasteiger partial charge in [0.25, 0.3) is 0 Å². The summed E-state index contributed by atoms with van der Waals surface area (Å²) in [6, 6.07) is 7.28. The van der Waals surface area contributed by atoms with Gasteiger partial charge in [0.15, 0.2) is 0 Å². The lowest BCUT2D eigenvalue weighted by molar-refractivity contribution is -0.141. The number of alkyl halides is 5. The van der Waals surface area contributed by atoms with Crippen LogP contribution in [0.5, 0.6) is 0 Å². The number of halogens is 5. The monoisotopic (exact) mass is 561 g/mol. The van der Waals surface area contributed by atoms with E-state index in [2.05, 4.69) is 30.7 Å². The van der Waals surface area contributed by atoms with E-state index in [1.165, 1.54) is 0 Å². The first-order chi connectivity index (χ1) is 18.9. The molecule has 0 spiro atoms. The van der Waals surface area contributed by atoms with E-state index in [4.69, 9.17) is 4.74 Å². The van der Waals surface area contributed by atoms with E-state index in [9.17, 15) is 22.0 Å². The van der Waals surface area contributed by atoms with Crippen LogP contribution in [0.4, 0.5) is 22.0 Å². The Kier molecular flexibility index (Phi) is 6.41. The van der Waals surface area contributed by atoms with Crippen LogP contribution in [0.25, 0.3) is 22.2 Å². The van der Waals surface area contributed by atoms with Gasteiger partial charge in [-0.05, 0) is 31.0 Å². The zero-order chi connectivity index (χ0) is 28.3. The summed E-state index contributed by atoms with van der Waals surface area (Å²) in [6.07, 6.45) is -2.86. The summed E-state index contributed by atoms with van der Waals surface area (Å²) >= 11 is 0. The van der Waals surface area contributed by atoms with Gasteiger partial charge in [-0.2, -0.15) is 18.3 Å². The minimum Gasteiger partial charge on any atom is -0.379 e. The van der Waals surface area contributed by atoms with E-state index < -0.39 is 29.9 Å². The van der Waals surface area contributed by atoms with Crippen LogP contribution in [0.1, 0.15) is 55.0 Å². The Labute approximate surface area is 226 Å². The Morgan fingerprint density at radius 3 is 2.65 bits per heavy atom. The third-order valence-electron chi connectivity index (χ3n) is 7.98. The molecule has 4 heterocycles. The Morgan fingerprint density at radius 2 is 2.02 bits per heavy atom. The fourth-order valence-electron chi connectivity index (χ4n) is 5.73. The van der Waals surface area contributed by atoms with Gasteiger partial charge in [0.05, 0.1) is 24.4 Å². The van der Waals surface area contributed by atoms with Crippen LogP contribution in [-0.2, 0) is 29.8 Å². The molecule has 0 amide bonds. The van der Waals surface area contributed by atoms with E-state index in [0.29, 0.717) is 36.4 Å². The number of aromatic amines is 1. The van der Waals surface area contributed by atoms with Crippen LogP contribution in [-0.4, -0.2) is 55.1 Å². The molecule has 1 aromatic carbocycles. The first-order valence-electron chi connectivity index (χ1n) is 13.1. The molecule has 0 radical (unpaired) electrons. The minimum atomic E-state index is -4.71. The molecule has 1 aliphatic heterocycles. The summed E-state index contributed by atoms with van der Waals surface area (Å²) < 4.78 is 76.8. The first-order valence-corrected chi connectivity index (χ1v) is 13.1. The molecule has 2 aliphatic rings. The lowest BCUT2D eigenvalue weighted by atomic mass is 9.75. The number of benzene rings is 1. The predicted octanol–water partition coefficient (Wildman–Crippen LogP) is 5.12. The SMILES string of the molecule is C[C@@H](N[C@@H]1CCC(F)(F)C1)c1nc(C(F)(F)F)cc2c(-c3cccc(C4(Cc5nncn5C)COC4)c3)n[nH]c12. The highest BCUT2D eigenvalue weighted by Gasteiger charge is 2.43. The number of aryl methyl sites for hydroxylation is 1. The van der Waals surface area contributed by atoms with Crippen LogP contribution in [0.2, 0.25) is 0 Å². The van der Waals surface area contributed by atoms with Gasteiger partial charge in [-0.25, -0.2) is 13.8 Å². The third kappa shape index (κ3) is 4.85. The number of hydrogen-bond donors (Lipinski definition) is 2. The molecule has 8 nitrogen and oxygen atoms in total. The van der Waals surface area contributed by atoms with Crippen molar-refractivity contribution in [2.75, 3.05) is 13.2 Å². The highest BCUT2D eigenvalue weighted by Crippen LogP contribution is 2.40. The second-order valence-corrected chi connectivity index (χ2v) is 11.0. The molecular weight excluding hydrogens is 533 g/mol. The second-order valence-electron chi connectivity index (χ2n) is 11.0. The number of rotatable bonds is 7. The average Bonchev–Trinajstić information content (AvgIpc) is 3.58. The van der Waals surface area contributed by atoms with Gasteiger partial charge >= 0.3 is 6.18 Å². The van der Waals surface area contributed by atoms with Crippen molar-refractivity contribution in [3.05, 3.63) is 59.4 Å². The molecule has 0 bridgehead atoms. The molecule has 13 heteroatoms. The Balaban J connectivity index is 1.38. The second kappa shape index (κ2) is 9.58. The minimum absolute atomic E-state index is 0.0843. The number of pyridine rings is 1. The van der Waals surface area contributed by atoms with E-state index in [-0.39, 0.29) is 35.8 Å². The molecule has 1 saturated heterocycles. The van der Waals surface area contributed by atoms with Crippen molar-refractivity contribution < 1.29 is 26.7 Å². The van der Waals surface area contributed by atoms with Crippen LogP contribution >= 0.6 is 0 Å². The maximum Gasteiger partial charge on any atom is 0.433 e. The zero-order valence-electron chi connectivity index (χ0n) is 21.9. The van der Waals surface area contributed by atoms with Crippen LogP contribution < -0.4 is 5.32 Å². The van der Waals surface area contributed by atoms with Crippen molar-refractivity contribution >= 4 is 10.9 Å². The number of H-pyrrole nitrogens is 1. The maximum atomic E-state index is 14.0. The normalized spacial score (nSPS) is 21.0. The van der Waals surface area contributed by atoms with Crippen molar-refractivity contribution in [1.29, 1.82) is 0 Å². The van der Waals surface area contributed by atoms with Gasteiger partial charge in [-0.1, -0.05) is 18.2 Å². The predicted molar refractivity (Wildman–Crippen MR) is 136 cm³/mol. The Bertz CT molecular complexity index is 1540. The molecule has 6 rings (SSSR count). The molecule has 1 aliphatic carbocycles. The topological polar surface area (TPSA) is 93.5 Å². The number of ether oxygens (including phenoxy) is 1. The largest absolute Gasteiger partial charge is 0.433 e. The Hall–Kier alpha value is -3.45. The van der Waals surface area contributed by atoms with Gasteiger partial charge in [-0.15, -0.1) is 10.2 Å². The van der Waals surface area contributed by atoms with Crippen molar-refractivity contribution in [2.24, 2.45) is 7.05 Å². The highest BCUT2D eigenvalue weighted by molar-refractivity contribution is 5.94. The number of nitrogens with zero attached hydrogens (tertiary/aromatic N) is 5. The molecule has 0 unspecified atom stereocenters. The lowest BCUT2D eigenvalue weighted by Gasteiger charge is -2.41. The molecule has 2 atom stereocenters. The molecule has 2 fully saturated rings. The zero-order valence-corrected chi connectivity index (χ0v) is 21.9. The van der Waals surface area contributed by atoms with E-state index in [1.54, 1.807) is 19.3 Å². The number of hydrogen-bond acceptors (Lipinski definition) is 6. The Morgan fingerprint density at radius 1 is 1.23 bits per heavy atom. The van der Waals surface area contributed by atoms with Crippen LogP contribution in [0.3, 0.4) is 0 Å². The summed E-state index contributed by atoms with van der Waals surface area (Å²) in [4.78, 5) is 3.91. The van der Waals surface area contributed by atoms with Gasteiger partial charge in [0.2, 0.25) is 5.92 Å². The lowest BCUT2D eigenvalue weighted by Crippen LogP contribution is -2.49. The summed E-state index contributed by atoms with van der Waals surface area (Å²) in [6.45, 7) is 2.58. The molecular formula is C27H28F5N7O. The fraction of sp³-hybridized carbons (Fsp3) is 0.481. The highest BCUT2D eigenvalue weighted by atomic mass is 19.4. The average molecular weight is 562 g/mol. The summed E-state index contributed by atoms with van der Waals surface area (Å²) in [5, 5.41) is 18.8. The molecule has 3 aromatic heterocycles. The van der Waals surface area contributed by atoms with Gasteiger partial charge in [-0.3, -0.25) is 5.10 Å². The fourth-order valence-corrected chi connectivity index (χ4v) is 5.73. The summed E-state index contributed by atoms with van der Waals surface area (Å²) in [5.74, 6) is -1.98.